The van der Waals surface area contributed by atoms with Crippen molar-refractivity contribution in [3.8, 4) is 11.5 Å². The zero-order valence-corrected chi connectivity index (χ0v) is 19.7. The van der Waals surface area contributed by atoms with Gasteiger partial charge >= 0.3 is 0 Å². The zero-order chi connectivity index (χ0) is 23.5. The molecule has 0 bridgehead atoms. The smallest absolute Gasteiger partial charge is 0.276 e. The summed E-state index contributed by atoms with van der Waals surface area (Å²) in [4.78, 5) is 18.2. The molecule has 1 amide bonds. The fourth-order valence-corrected chi connectivity index (χ4v) is 4.76. The third kappa shape index (κ3) is 4.24. The maximum absolute atomic E-state index is 13.3. The molecule has 0 aromatic heterocycles. The average Bonchev–Trinajstić information content (AvgIpc) is 2.87. The molecule has 8 heteroatoms. The molecule has 0 aliphatic carbocycles. The SMILES string of the molecule is CCOc1cc([C@@H]2N=c3ccccc3=C3C(=O)NC(SCc4ccccc4)=NN32)ccc1OC. The van der Waals surface area contributed by atoms with Crippen molar-refractivity contribution in [3.63, 3.8) is 0 Å². The van der Waals surface area contributed by atoms with Crippen LogP contribution in [0.15, 0.2) is 82.9 Å². The van der Waals surface area contributed by atoms with Crippen LogP contribution in [0.5, 0.6) is 11.5 Å². The van der Waals surface area contributed by atoms with Gasteiger partial charge in [0.05, 0.1) is 19.1 Å². The van der Waals surface area contributed by atoms with Gasteiger partial charge in [0.15, 0.2) is 22.8 Å². The molecule has 1 atom stereocenters. The highest BCUT2D eigenvalue weighted by molar-refractivity contribution is 8.13. The molecule has 172 valence electrons. The van der Waals surface area contributed by atoms with Crippen LogP contribution in [-0.2, 0) is 10.5 Å². The predicted octanol–water partition coefficient (Wildman–Crippen LogP) is 3.17. The van der Waals surface area contributed by atoms with Crippen LogP contribution < -0.4 is 25.4 Å². The van der Waals surface area contributed by atoms with E-state index in [0.29, 0.717) is 34.7 Å². The second-order valence-corrected chi connectivity index (χ2v) is 8.65. The second kappa shape index (κ2) is 9.61. The largest absolute Gasteiger partial charge is 0.493 e. The molecule has 0 radical (unpaired) electrons. The van der Waals surface area contributed by atoms with E-state index in [0.717, 1.165) is 21.7 Å². The molecule has 0 saturated heterocycles. The topological polar surface area (TPSA) is 75.5 Å². The minimum atomic E-state index is -0.520. The van der Waals surface area contributed by atoms with Crippen molar-refractivity contribution in [2.75, 3.05) is 13.7 Å². The molecule has 0 unspecified atom stereocenters. The lowest BCUT2D eigenvalue weighted by Gasteiger charge is -2.34. The van der Waals surface area contributed by atoms with Crippen molar-refractivity contribution in [1.82, 2.24) is 10.3 Å². The number of nitrogens with one attached hydrogen (secondary N) is 1. The predicted molar refractivity (Wildman–Crippen MR) is 133 cm³/mol. The van der Waals surface area contributed by atoms with Crippen LogP contribution >= 0.6 is 11.8 Å². The van der Waals surface area contributed by atoms with E-state index in [1.54, 1.807) is 12.1 Å². The van der Waals surface area contributed by atoms with Crippen molar-refractivity contribution in [1.29, 1.82) is 0 Å². The Morgan fingerprint density at radius 3 is 2.62 bits per heavy atom. The Balaban J connectivity index is 1.58. The van der Waals surface area contributed by atoms with Gasteiger partial charge in [0.2, 0.25) is 0 Å². The van der Waals surface area contributed by atoms with E-state index in [1.807, 2.05) is 67.6 Å². The van der Waals surface area contributed by atoms with Crippen LogP contribution in [-0.4, -0.2) is 29.8 Å². The lowest BCUT2D eigenvalue weighted by molar-refractivity contribution is -0.116. The van der Waals surface area contributed by atoms with Crippen LogP contribution in [0.3, 0.4) is 0 Å². The highest BCUT2D eigenvalue weighted by Crippen LogP contribution is 2.36. The van der Waals surface area contributed by atoms with Crippen molar-refractivity contribution in [2.24, 2.45) is 10.1 Å². The number of para-hydroxylation sites is 1. The van der Waals surface area contributed by atoms with Crippen LogP contribution in [0.2, 0.25) is 0 Å². The third-order valence-corrected chi connectivity index (χ3v) is 6.45. The summed E-state index contributed by atoms with van der Waals surface area (Å²) >= 11 is 1.48. The van der Waals surface area contributed by atoms with Crippen molar-refractivity contribution < 1.29 is 14.3 Å². The summed E-state index contributed by atoms with van der Waals surface area (Å²) < 4.78 is 11.2. The number of thioether (sulfide) groups is 1. The summed E-state index contributed by atoms with van der Waals surface area (Å²) in [6, 6.07) is 23.4. The lowest BCUT2D eigenvalue weighted by Crippen LogP contribution is -2.50. The highest BCUT2D eigenvalue weighted by Gasteiger charge is 2.34. The number of methoxy groups -OCH3 is 1. The fraction of sp³-hybridized carbons (Fsp3) is 0.192. The normalized spacial score (nSPS) is 16.6. The van der Waals surface area contributed by atoms with Crippen molar-refractivity contribution in [2.45, 2.75) is 18.8 Å². The molecule has 7 nitrogen and oxygen atoms in total. The molecule has 2 aliphatic heterocycles. The second-order valence-electron chi connectivity index (χ2n) is 7.69. The Kier molecular flexibility index (Phi) is 6.22. The molecular weight excluding hydrogens is 448 g/mol. The molecule has 2 heterocycles. The molecule has 0 saturated carbocycles. The summed E-state index contributed by atoms with van der Waals surface area (Å²) in [6.07, 6.45) is -0.520. The molecule has 5 rings (SSSR count). The number of carbonyl (C=O) groups excluding carboxylic acids is 1. The first-order valence-electron chi connectivity index (χ1n) is 11.0. The summed E-state index contributed by atoms with van der Waals surface area (Å²) in [7, 11) is 1.61. The van der Waals surface area contributed by atoms with Gasteiger partial charge in [-0.2, -0.15) is 0 Å². The minimum absolute atomic E-state index is 0.198. The maximum atomic E-state index is 13.3. The van der Waals surface area contributed by atoms with Gasteiger partial charge in [-0.25, -0.2) is 5.01 Å². The van der Waals surface area contributed by atoms with Crippen molar-refractivity contribution in [3.05, 3.63) is 94.5 Å². The molecule has 34 heavy (non-hydrogen) atoms. The van der Waals surface area contributed by atoms with Gasteiger partial charge in [-0.05, 0) is 30.7 Å². The number of hydrogen-bond acceptors (Lipinski definition) is 7. The van der Waals surface area contributed by atoms with Gasteiger partial charge in [-0.15, -0.1) is 5.10 Å². The van der Waals surface area contributed by atoms with E-state index in [2.05, 4.69) is 17.4 Å². The third-order valence-electron chi connectivity index (χ3n) is 5.52. The van der Waals surface area contributed by atoms with Crippen LogP contribution in [0.25, 0.3) is 5.70 Å². The number of hydrazone groups is 1. The first-order valence-corrected chi connectivity index (χ1v) is 12.0. The maximum Gasteiger partial charge on any atom is 0.276 e. The Morgan fingerprint density at radius 2 is 1.82 bits per heavy atom. The van der Waals surface area contributed by atoms with Crippen molar-refractivity contribution >= 4 is 28.5 Å². The number of benzene rings is 3. The number of amidine groups is 1. The summed E-state index contributed by atoms with van der Waals surface area (Å²) in [5.41, 5.74) is 2.48. The van der Waals surface area contributed by atoms with Gasteiger partial charge in [0, 0.05) is 16.5 Å². The van der Waals surface area contributed by atoms with E-state index in [4.69, 9.17) is 19.6 Å². The van der Waals surface area contributed by atoms with Gasteiger partial charge in [0.25, 0.3) is 5.91 Å². The summed E-state index contributed by atoms with van der Waals surface area (Å²) in [5.74, 6) is 1.77. The number of hydrogen-bond donors (Lipinski definition) is 1. The number of carbonyl (C=O) groups is 1. The number of ether oxygens (including phenoxy) is 2. The van der Waals surface area contributed by atoms with E-state index in [1.165, 1.54) is 11.8 Å². The Bertz CT molecular complexity index is 1370. The van der Waals surface area contributed by atoms with Gasteiger partial charge in [0.1, 0.15) is 5.70 Å². The molecule has 2 aliphatic rings. The van der Waals surface area contributed by atoms with E-state index >= 15 is 0 Å². The Labute approximate surface area is 201 Å². The number of rotatable bonds is 6. The molecule has 0 fully saturated rings. The molecule has 1 N–H and O–H groups in total. The fourth-order valence-electron chi connectivity index (χ4n) is 3.96. The molecule has 3 aromatic carbocycles. The Morgan fingerprint density at radius 1 is 1.03 bits per heavy atom. The minimum Gasteiger partial charge on any atom is -0.493 e. The van der Waals surface area contributed by atoms with Crippen LogP contribution in [0.1, 0.15) is 24.2 Å². The number of nitrogens with zero attached hydrogens (tertiary/aromatic N) is 3. The molecule has 0 spiro atoms. The monoisotopic (exact) mass is 472 g/mol. The van der Waals surface area contributed by atoms with Crippen LogP contribution in [0.4, 0.5) is 0 Å². The highest BCUT2D eigenvalue weighted by atomic mass is 32.2. The van der Waals surface area contributed by atoms with E-state index in [-0.39, 0.29) is 5.91 Å². The average molecular weight is 473 g/mol. The van der Waals surface area contributed by atoms with E-state index in [9.17, 15) is 4.79 Å². The quantitative estimate of drug-likeness (QED) is 0.597. The first kappa shape index (κ1) is 22.0. The molecular formula is C26H24N4O3S. The first-order chi connectivity index (χ1) is 16.7. The summed E-state index contributed by atoms with van der Waals surface area (Å²) in [6.45, 7) is 2.43. The number of fused-ring (bicyclic) bond motifs is 2. The number of amides is 1. The van der Waals surface area contributed by atoms with Crippen LogP contribution in [0, 0.1) is 0 Å². The summed E-state index contributed by atoms with van der Waals surface area (Å²) in [5, 5.41) is 11.5. The van der Waals surface area contributed by atoms with Gasteiger partial charge in [-0.3, -0.25) is 15.1 Å². The standard InChI is InChI=1S/C26H24N4O3S/c1-3-33-22-15-18(13-14-21(22)32-2)24-27-20-12-8-7-11-19(20)23-25(31)28-26(29-30(23)24)34-16-17-9-5-4-6-10-17/h4-15,24H,3,16H2,1-2H3,(H,28,29,31)/t24-/m1/s1. The Hall–Kier alpha value is -3.78. The van der Waals surface area contributed by atoms with E-state index < -0.39 is 6.17 Å². The van der Waals surface area contributed by atoms with Gasteiger partial charge in [-0.1, -0.05) is 66.4 Å². The zero-order valence-electron chi connectivity index (χ0n) is 18.9. The van der Waals surface area contributed by atoms with Gasteiger partial charge < -0.3 is 9.47 Å². The molecule has 3 aromatic rings. The lowest BCUT2D eigenvalue weighted by atomic mass is 10.1.